The Morgan fingerprint density at radius 1 is 1.27 bits per heavy atom. The maximum atomic E-state index is 3.83. The molecule has 0 aromatic carbocycles. The first-order valence-electron chi connectivity index (χ1n) is 5.98. The van der Waals surface area contributed by atoms with Gasteiger partial charge in [-0.05, 0) is 29.9 Å². The zero-order valence-corrected chi connectivity index (χ0v) is 10.4. The molecule has 0 amide bonds. The molecule has 1 aromatic heterocycles. The van der Waals surface area contributed by atoms with Crippen LogP contribution >= 0.6 is 11.3 Å². The van der Waals surface area contributed by atoms with E-state index in [9.17, 15) is 0 Å². The Morgan fingerprint density at radius 2 is 2.00 bits per heavy atom. The van der Waals surface area contributed by atoms with Crippen LogP contribution in [0.25, 0.3) is 0 Å². The second kappa shape index (κ2) is 3.08. The third-order valence-electron chi connectivity index (χ3n) is 4.12. The lowest BCUT2D eigenvalue weighted by Crippen LogP contribution is -2.51. The molecule has 1 saturated carbocycles. The minimum atomic E-state index is 0.331. The summed E-state index contributed by atoms with van der Waals surface area (Å²) in [6.45, 7) is 5.86. The van der Waals surface area contributed by atoms with Gasteiger partial charge < -0.3 is 5.32 Å². The van der Waals surface area contributed by atoms with Crippen molar-refractivity contribution in [3.05, 3.63) is 21.9 Å². The van der Waals surface area contributed by atoms with Gasteiger partial charge in [-0.3, -0.25) is 0 Å². The summed E-state index contributed by atoms with van der Waals surface area (Å²) in [6, 6.07) is 2.36. The highest BCUT2D eigenvalue weighted by atomic mass is 32.1. The highest BCUT2D eigenvalue weighted by Gasteiger charge is 2.44. The molecule has 2 aliphatic rings. The fourth-order valence-corrected chi connectivity index (χ4v) is 4.32. The molecule has 82 valence electrons. The van der Waals surface area contributed by atoms with Crippen molar-refractivity contribution in [2.24, 2.45) is 0 Å². The minimum absolute atomic E-state index is 0.331. The van der Waals surface area contributed by atoms with Crippen molar-refractivity contribution in [1.29, 1.82) is 0 Å². The normalized spacial score (nSPS) is 26.8. The maximum absolute atomic E-state index is 3.83. The van der Waals surface area contributed by atoms with Crippen LogP contribution in [0.4, 0.5) is 0 Å². The summed E-state index contributed by atoms with van der Waals surface area (Å²) in [5.74, 6) is 0. The fraction of sp³-hybridized carbons (Fsp3) is 0.692. The second-order valence-corrected chi connectivity index (χ2v) is 6.61. The van der Waals surface area contributed by atoms with Crippen LogP contribution in [0.3, 0.4) is 0 Å². The van der Waals surface area contributed by atoms with Crippen LogP contribution in [0, 0.1) is 0 Å². The minimum Gasteiger partial charge on any atom is -0.306 e. The van der Waals surface area contributed by atoms with E-state index in [1.807, 2.05) is 11.3 Å². The van der Waals surface area contributed by atoms with Crippen LogP contribution in [0.5, 0.6) is 0 Å². The van der Waals surface area contributed by atoms with E-state index in [1.165, 1.54) is 25.7 Å². The lowest BCUT2D eigenvalue weighted by atomic mass is 9.76. The number of nitrogens with one attached hydrogen (secondary N) is 1. The molecular formula is C13H19NS. The molecular weight excluding hydrogens is 202 g/mol. The van der Waals surface area contributed by atoms with Gasteiger partial charge in [0.1, 0.15) is 0 Å². The summed E-state index contributed by atoms with van der Waals surface area (Å²) in [5, 5.41) is 6.11. The zero-order chi connectivity index (χ0) is 10.5. The molecule has 1 aliphatic carbocycles. The van der Waals surface area contributed by atoms with Crippen LogP contribution in [0.2, 0.25) is 0 Å². The zero-order valence-electron chi connectivity index (χ0n) is 9.60. The Morgan fingerprint density at radius 3 is 2.73 bits per heavy atom. The van der Waals surface area contributed by atoms with Crippen LogP contribution < -0.4 is 5.32 Å². The Labute approximate surface area is 95.9 Å². The molecule has 1 aromatic rings. The van der Waals surface area contributed by atoms with Gasteiger partial charge in [-0.25, -0.2) is 0 Å². The van der Waals surface area contributed by atoms with E-state index in [4.69, 9.17) is 0 Å². The molecule has 0 atom stereocenters. The van der Waals surface area contributed by atoms with Gasteiger partial charge in [0.05, 0.1) is 0 Å². The lowest BCUT2D eigenvalue weighted by Gasteiger charge is -2.42. The standard InChI is InChI=1S/C13H19NS/c1-12(2)9-14-13(6-3-4-7-13)10-5-8-15-11(10)12/h5,8,14H,3-4,6-7,9H2,1-2H3. The van der Waals surface area contributed by atoms with E-state index in [0.717, 1.165) is 6.54 Å². The van der Waals surface area contributed by atoms with Gasteiger partial charge in [0.25, 0.3) is 0 Å². The highest BCUT2D eigenvalue weighted by molar-refractivity contribution is 7.10. The van der Waals surface area contributed by atoms with E-state index in [1.54, 1.807) is 10.4 Å². The van der Waals surface area contributed by atoms with Crippen molar-refractivity contribution in [3.8, 4) is 0 Å². The predicted molar refractivity (Wildman–Crippen MR) is 65.5 cm³/mol. The van der Waals surface area contributed by atoms with Crippen molar-refractivity contribution in [2.45, 2.75) is 50.5 Å². The highest BCUT2D eigenvalue weighted by Crippen LogP contribution is 2.48. The van der Waals surface area contributed by atoms with Gasteiger partial charge in [-0.2, -0.15) is 0 Å². The van der Waals surface area contributed by atoms with Gasteiger partial charge in [0.2, 0.25) is 0 Å². The molecule has 2 heteroatoms. The average Bonchev–Trinajstić information content (AvgIpc) is 2.83. The quantitative estimate of drug-likeness (QED) is 0.708. The van der Waals surface area contributed by atoms with Crippen molar-refractivity contribution >= 4 is 11.3 Å². The lowest BCUT2D eigenvalue weighted by molar-refractivity contribution is 0.274. The largest absolute Gasteiger partial charge is 0.306 e. The van der Waals surface area contributed by atoms with Gasteiger partial charge >= 0.3 is 0 Å². The van der Waals surface area contributed by atoms with Crippen LogP contribution in [0.1, 0.15) is 50.0 Å². The first-order chi connectivity index (χ1) is 7.14. The third kappa shape index (κ3) is 1.31. The summed E-state index contributed by atoms with van der Waals surface area (Å²) in [7, 11) is 0. The number of thiophene rings is 1. The number of rotatable bonds is 0. The number of fused-ring (bicyclic) bond motifs is 2. The first kappa shape index (κ1) is 9.86. The van der Waals surface area contributed by atoms with Crippen molar-refractivity contribution in [1.82, 2.24) is 5.32 Å². The second-order valence-electron chi connectivity index (χ2n) is 5.69. The van der Waals surface area contributed by atoms with Gasteiger partial charge in [0.15, 0.2) is 0 Å². The average molecular weight is 221 g/mol. The maximum Gasteiger partial charge on any atom is 0.0446 e. The van der Waals surface area contributed by atoms with Gasteiger partial charge in [-0.1, -0.05) is 26.7 Å². The van der Waals surface area contributed by atoms with E-state index < -0.39 is 0 Å². The summed E-state index contributed by atoms with van der Waals surface area (Å²) < 4.78 is 0. The van der Waals surface area contributed by atoms with Crippen LogP contribution in [0.15, 0.2) is 11.4 Å². The molecule has 1 N–H and O–H groups in total. The first-order valence-corrected chi connectivity index (χ1v) is 6.86. The monoisotopic (exact) mass is 221 g/mol. The summed E-state index contributed by atoms with van der Waals surface area (Å²) in [6.07, 6.45) is 5.46. The Hall–Kier alpha value is -0.340. The SMILES string of the molecule is CC1(C)CNC2(CCCC2)c2ccsc21. The van der Waals surface area contributed by atoms with E-state index in [-0.39, 0.29) is 0 Å². The Kier molecular flexibility index (Phi) is 2.02. The molecule has 1 aliphatic heterocycles. The van der Waals surface area contributed by atoms with E-state index >= 15 is 0 Å². The molecule has 0 saturated heterocycles. The molecule has 0 radical (unpaired) electrons. The van der Waals surface area contributed by atoms with Crippen molar-refractivity contribution < 1.29 is 0 Å². The molecule has 15 heavy (non-hydrogen) atoms. The predicted octanol–water partition coefficient (Wildman–Crippen LogP) is 3.40. The fourth-order valence-electron chi connectivity index (χ4n) is 3.20. The smallest absolute Gasteiger partial charge is 0.0446 e. The van der Waals surface area contributed by atoms with Crippen LogP contribution in [-0.2, 0) is 11.0 Å². The Balaban J connectivity index is 2.11. The molecule has 1 fully saturated rings. The summed E-state index contributed by atoms with van der Waals surface area (Å²) in [4.78, 5) is 1.63. The van der Waals surface area contributed by atoms with Gasteiger partial charge in [0, 0.05) is 22.4 Å². The molecule has 3 rings (SSSR count). The summed E-state index contributed by atoms with van der Waals surface area (Å²) >= 11 is 1.95. The molecule has 1 nitrogen and oxygen atoms in total. The molecule has 2 heterocycles. The Bertz CT molecular complexity index is 372. The molecule has 1 spiro atoms. The molecule has 0 unspecified atom stereocenters. The van der Waals surface area contributed by atoms with E-state index in [0.29, 0.717) is 11.0 Å². The number of hydrogen-bond donors (Lipinski definition) is 1. The molecule has 0 bridgehead atoms. The topological polar surface area (TPSA) is 12.0 Å². The van der Waals surface area contributed by atoms with Gasteiger partial charge in [-0.15, -0.1) is 11.3 Å². The van der Waals surface area contributed by atoms with Crippen LogP contribution in [-0.4, -0.2) is 6.54 Å². The summed E-state index contributed by atoms with van der Waals surface area (Å²) in [5.41, 5.74) is 2.30. The number of hydrogen-bond acceptors (Lipinski definition) is 2. The van der Waals surface area contributed by atoms with Crippen molar-refractivity contribution in [3.63, 3.8) is 0 Å². The van der Waals surface area contributed by atoms with Crippen molar-refractivity contribution in [2.75, 3.05) is 6.54 Å². The van der Waals surface area contributed by atoms with E-state index in [2.05, 4.69) is 30.6 Å². The third-order valence-corrected chi connectivity index (χ3v) is 5.40.